The van der Waals surface area contributed by atoms with Crippen molar-refractivity contribution in [1.82, 2.24) is 25.5 Å². The third-order valence-corrected chi connectivity index (χ3v) is 5.57. The van der Waals surface area contributed by atoms with Crippen LogP contribution < -0.4 is 10.6 Å². The van der Waals surface area contributed by atoms with Crippen LogP contribution in [-0.2, 0) is 0 Å². The fourth-order valence-electron chi connectivity index (χ4n) is 4.19. The minimum Gasteiger partial charge on any atom is -0.351 e. The molecule has 0 radical (unpaired) electrons. The van der Waals surface area contributed by atoms with Crippen molar-refractivity contribution in [2.75, 3.05) is 19.6 Å². The molecule has 2 aromatic rings. The average Bonchev–Trinajstić information content (AvgIpc) is 3.00. The second kappa shape index (κ2) is 6.55. The number of pyridine rings is 1. The van der Waals surface area contributed by atoms with Crippen molar-refractivity contribution < 1.29 is 9.59 Å². The van der Waals surface area contributed by atoms with E-state index in [0.717, 1.165) is 30.4 Å². The van der Waals surface area contributed by atoms with E-state index in [1.54, 1.807) is 12.4 Å². The van der Waals surface area contributed by atoms with Crippen molar-refractivity contribution >= 4 is 22.8 Å². The number of piperidine rings is 1. The van der Waals surface area contributed by atoms with Crippen LogP contribution in [0.25, 0.3) is 10.9 Å². The summed E-state index contributed by atoms with van der Waals surface area (Å²) in [6.07, 6.45) is 4.42. The predicted molar refractivity (Wildman–Crippen MR) is 103 cm³/mol. The molecule has 3 amide bonds. The Hall–Kier alpha value is -2.57. The molecule has 4 rings (SSSR count). The molecule has 1 saturated carbocycles. The standard InChI is InChI=1S/C20H27N5O2/c1-20(2,3)24-19(27)25-10-14-13(15(14)11-25)4-7-22-18(26)17-8-12-9-21-6-5-16(12)23-17/h5-6,8-9,13-15,23H,4,7,10-11H2,1-3H3,(H,22,26)(H,24,27). The average molecular weight is 369 g/mol. The summed E-state index contributed by atoms with van der Waals surface area (Å²) in [6.45, 7) is 8.32. The van der Waals surface area contributed by atoms with Gasteiger partial charge < -0.3 is 20.5 Å². The molecular formula is C20H27N5O2. The van der Waals surface area contributed by atoms with E-state index < -0.39 is 0 Å². The number of aromatic amines is 1. The second-order valence-corrected chi connectivity index (χ2v) is 8.77. The fraction of sp³-hybridized carbons (Fsp3) is 0.550. The maximum absolute atomic E-state index is 12.3. The lowest BCUT2D eigenvalue weighted by molar-refractivity contribution is 0.0948. The third-order valence-electron chi connectivity index (χ3n) is 5.57. The smallest absolute Gasteiger partial charge is 0.317 e. The van der Waals surface area contributed by atoms with Crippen LogP contribution in [-0.4, -0.2) is 52.0 Å². The van der Waals surface area contributed by atoms with Crippen LogP contribution in [0.1, 0.15) is 37.7 Å². The lowest BCUT2D eigenvalue weighted by atomic mass is 10.1. The molecule has 1 aliphatic carbocycles. The zero-order valence-electron chi connectivity index (χ0n) is 16.1. The summed E-state index contributed by atoms with van der Waals surface area (Å²) in [7, 11) is 0. The topological polar surface area (TPSA) is 90.1 Å². The molecule has 1 aliphatic heterocycles. The number of nitrogens with zero attached hydrogens (tertiary/aromatic N) is 2. The van der Waals surface area contributed by atoms with E-state index in [0.29, 0.717) is 30.0 Å². The molecule has 3 heterocycles. The second-order valence-electron chi connectivity index (χ2n) is 8.77. The molecule has 0 spiro atoms. The number of carbonyl (C=O) groups is 2. The van der Waals surface area contributed by atoms with Gasteiger partial charge in [0.25, 0.3) is 5.91 Å². The molecule has 3 N–H and O–H groups in total. The number of H-pyrrole nitrogens is 1. The number of urea groups is 1. The van der Waals surface area contributed by atoms with Crippen molar-refractivity contribution in [2.45, 2.75) is 32.7 Å². The predicted octanol–water partition coefficient (Wildman–Crippen LogP) is 2.37. The largest absolute Gasteiger partial charge is 0.351 e. The van der Waals surface area contributed by atoms with E-state index in [4.69, 9.17) is 0 Å². The summed E-state index contributed by atoms with van der Waals surface area (Å²) in [5.74, 6) is 1.72. The molecule has 0 bridgehead atoms. The van der Waals surface area contributed by atoms with E-state index in [2.05, 4.69) is 20.6 Å². The van der Waals surface area contributed by atoms with Gasteiger partial charge in [0.1, 0.15) is 5.69 Å². The molecule has 0 aromatic carbocycles. The van der Waals surface area contributed by atoms with Crippen molar-refractivity contribution in [3.8, 4) is 0 Å². The Morgan fingerprint density at radius 3 is 2.70 bits per heavy atom. The van der Waals surface area contributed by atoms with E-state index >= 15 is 0 Å². The first-order valence-corrected chi connectivity index (χ1v) is 9.60. The van der Waals surface area contributed by atoms with Crippen LogP contribution >= 0.6 is 0 Å². The first-order chi connectivity index (χ1) is 12.8. The quantitative estimate of drug-likeness (QED) is 0.773. The van der Waals surface area contributed by atoms with Crippen LogP contribution in [0.5, 0.6) is 0 Å². The maximum Gasteiger partial charge on any atom is 0.317 e. The van der Waals surface area contributed by atoms with Gasteiger partial charge in [0, 0.05) is 48.5 Å². The highest BCUT2D eigenvalue weighted by Crippen LogP contribution is 2.53. The molecule has 7 heteroatoms. The van der Waals surface area contributed by atoms with Gasteiger partial charge in [-0.3, -0.25) is 9.78 Å². The van der Waals surface area contributed by atoms with Gasteiger partial charge in [-0.1, -0.05) is 0 Å². The Morgan fingerprint density at radius 1 is 1.30 bits per heavy atom. The SMILES string of the molecule is CC(C)(C)NC(=O)N1CC2C(CCNC(=O)c3cc4cnccc4[nH]3)C2C1. The first-order valence-electron chi connectivity index (χ1n) is 9.60. The number of carbonyl (C=O) groups excluding carboxylic acids is 2. The summed E-state index contributed by atoms with van der Waals surface area (Å²) in [5.41, 5.74) is 1.28. The van der Waals surface area contributed by atoms with Gasteiger partial charge in [-0.25, -0.2) is 4.79 Å². The minimum atomic E-state index is -0.202. The number of rotatable bonds is 4. The highest BCUT2D eigenvalue weighted by molar-refractivity contribution is 5.97. The molecule has 144 valence electrons. The third kappa shape index (κ3) is 3.77. The van der Waals surface area contributed by atoms with Gasteiger partial charge >= 0.3 is 6.03 Å². The monoisotopic (exact) mass is 369 g/mol. The van der Waals surface area contributed by atoms with Gasteiger partial charge in [-0.05, 0) is 57.1 Å². The molecule has 2 fully saturated rings. The highest BCUT2D eigenvalue weighted by Gasteiger charge is 2.55. The minimum absolute atomic E-state index is 0.0371. The molecule has 2 atom stereocenters. The molecule has 2 aromatic heterocycles. The van der Waals surface area contributed by atoms with Crippen LogP contribution in [0.15, 0.2) is 24.5 Å². The summed E-state index contributed by atoms with van der Waals surface area (Å²) >= 11 is 0. The Morgan fingerprint density at radius 2 is 2.04 bits per heavy atom. The Balaban J connectivity index is 1.21. The van der Waals surface area contributed by atoms with Gasteiger partial charge in [-0.15, -0.1) is 0 Å². The molecule has 1 saturated heterocycles. The van der Waals surface area contributed by atoms with Crippen molar-refractivity contribution in [1.29, 1.82) is 0 Å². The van der Waals surface area contributed by atoms with Gasteiger partial charge in [0.05, 0.1) is 0 Å². The van der Waals surface area contributed by atoms with Gasteiger partial charge in [0.2, 0.25) is 0 Å². The van der Waals surface area contributed by atoms with Crippen LogP contribution in [0.4, 0.5) is 4.79 Å². The lowest BCUT2D eigenvalue weighted by Gasteiger charge is -2.27. The lowest BCUT2D eigenvalue weighted by Crippen LogP contribution is -2.48. The number of fused-ring (bicyclic) bond motifs is 2. The van der Waals surface area contributed by atoms with E-state index in [1.165, 1.54) is 0 Å². The Bertz CT molecular complexity index is 824. The normalized spacial score (nSPS) is 24.0. The molecule has 27 heavy (non-hydrogen) atoms. The molecular weight excluding hydrogens is 342 g/mol. The van der Waals surface area contributed by atoms with Crippen LogP contribution in [0.3, 0.4) is 0 Å². The van der Waals surface area contributed by atoms with E-state index in [9.17, 15) is 9.59 Å². The van der Waals surface area contributed by atoms with E-state index in [1.807, 2.05) is 37.8 Å². The zero-order chi connectivity index (χ0) is 19.2. The van der Waals surface area contributed by atoms with E-state index in [-0.39, 0.29) is 17.5 Å². The fourth-order valence-corrected chi connectivity index (χ4v) is 4.19. The summed E-state index contributed by atoms with van der Waals surface area (Å²) < 4.78 is 0. The molecule has 2 unspecified atom stereocenters. The number of hydrogen-bond acceptors (Lipinski definition) is 3. The first kappa shape index (κ1) is 17.8. The molecule has 2 aliphatic rings. The summed E-state index contributed by atoms with van der Waals surface area (Å²) in [4.78, 5) is 33.6. The molecule has 7 nitrogen and oxygen atoms in total. The summed E-state index contributed by atoms with van der Waals surface area (Å²) in [5, 5.41) is 6.97. The van der Waals surface area contributed by atoms with Crippen LogP contribution in [0, 0.1) is 17.8 Å². The zero-order valence-corrected chi connectivity index (χ0v) is 16.1. The Kier molecular flexibility index (Phi) is 4.32. The number of likely N-dealkylation sites (tertiary alicyclic amines) is 1. The summed E-state index contributed by atoms with van der Waals surface area (Å²) in [6, 6.07) is 3.73. The van der Waals surface area contributed by atoms with Crippen molar-refractivity contribution in [2.24, 2.45) is 17.8 Å². The number of aromatic nitrogens is 2. The van der Waals surface area contributed by atoms with Gasteiger partial charge in [-0.2, -0.15) is 0 Å². The van der Waals surface area contributed by atoms with Crippen LogP contribution in [0.2, 0.25) is 0 Å². The maximum atomic E-state index is 12.3. The number of hydrogen-bond donors (Lipinski definition) is 3. The van der Waals surface area contributed by atoms with Gasteiger partial charge in [0.15, 0.2) is 0 Å². The van der Waals surface area contributed by atoms with Crippen molar-refractivity contribution in [3.63, 3.8) is 0 Å². The number of amides is 3. The number of nitrogens with one attached hydrogen (secondary N) is 3. The Labute approximate surface area is 158 Å². The highest BCUT2D eigenvalue weighted by atomic mass is 16.2. The van der Waals surface area contributed by atoms with Crippen molar-refractivity contribution in [3.05, 3.63) is 30.2 Å².